The van der Waals surface area contributed by atoms with Gasteiger partial charge in [0.15, 0.2) is 0 Å². The van der Waals surface area contributed by atoms with Gasteiger partial charge >= 0.3 is 0 Å². The van der Waals surface area contributed by atoms with E-state index in [-0.39, 0.29) is 24.9 Å². The number of thiophene rings is 1. The summed E-state index contributed by atoms with van der Waals surface area (Å²) in [5.74, 6) is 0.319. The molecule has 0 spiro atoms. The number of amides is 1. The molecule has 0 radical (unpaired) electrons. The van der Waals surface area contributed by atoms with Gasteiger partial charge in [-0.05, 0) is 73.4 Å². The third kappa shape index (κ3) is 5.42. The lowest BCUT2D eigenvalue weighted by Crippen LogP contribution is -2.27. The van der Waals surface area contributed by atoms with Crippen molar-refractivity contribution in [3.8, 4) is 6.07 Å². The third-order valence-electron chi connectivity index (χ3n) is 5.37. The van der Waals surface area contributed by atoms with Gasteiger partial charge in [0.25, 0.3) is 0 Å². The molecule has 1 heterocycles. The number of hydrogen-bond acceptors (Lipinski definition) is 6. The van der Waals surface area contributed by atoms with Crippen LogP contribution in [0.25, 0.3) is 0 Å². The van der Waals surface area contributed by atoms with E-state index in [2.05, 4.69) is 24.6 Å². The molecule has 1 saturated carbocycles. The molecular formula is C23H29N3O3S2. The average Bonchev–Trinajstić information content (AvgIpc) is 3.43. The van der Waals surface area contributed by atoms with Crippen molar-refractivity contribution in [2.75, 3.05) is 0 Å². The first-order valence-electron chi connectivity index (χ1n) is 10.3. The summed E-state index contributed by atoms with van der Waals surface area (Å²) in [6.45, 7) is 7.17. The first-order valence-corrected chi connectivity index (χ1v) is 12.4. The van der Waals surface area contributed by atoms with Crippen LogP contribution in [0.4, 0.5) is 0 Å². The maximum absolute atomic E-state index is 12.9. The van der Waals surface area contributed by atoms with Gasteiger partial charge in [0.05, 0.1) is 34.5 Å². The summed E-state index contributed by atoms with van der Waals surface area (Å²) in [6, 6.07) is 7.71. The number of aliphatic hydroxyl groups excluding tert-OH is 1. The van der Waals surface area contributed by atoms with E-state index < -0.39 is 16.5 Å². The number of benzene rings is 1. The Labute approximate surface area is 190 Å². The van der Waals surface area contributed by atoms with Gasteiger partial charge in [-0.25, -0.2) is 0 Å². The summed E-state index contributed by atoms with van der Waals surface area (Å²) in [6.07, 6.45) is 2.29. The normalized spacial score (nSPS) is 15.0. The van der Waals surface area contributed by atoms with Crippen molar-refractivity contribution >= 4 is 28.1 Å². The number of nitriles is 1. The summed E-state index contributed by atoms with van der Waals surface area (Å²) in [4.78, 5) is 13.6. The van der Waals surface area contributed by atoms with Crippen molar-refractivity contribution in [2.24, 2.45) is 0 Å². The highest BCUT2D eigenvalue weighted by Crippen LogP contribution is 2.44. The van der Waals surface area contributed by atoms with Gasteiger partial charge in [-0.3, -0.25) is 14.3 Å². The van der Waals surface area contributed by atoms with Crippen LogP contribution in [0.15, 0.2) is 22.4 Å². The number of carbonyl (C=O) groups excluding carboxylic acids is 1. The fourth-order valence-electron chi connectivity index (χ4n) is 3.61. The molecule has 6 nitrogen and oxygen atoms in total. The molecule has 1 atom stereocenters. The number of nitrogens with one attached hydrogen (secondary N) is 2. The van der Waals surface area contributed by atoms with Crippen molar-refractivity contribution in [1.82, 2.24) is 4.72 Å². The Morgan fingerprint density at radius 2 is 2.06 bits per heavy atom. The standard InChI is InChI=1S/C23H29N3O3S2/c1-13(2)17-7-14(11-24)8-18(15-5-6-15)19(17)10-21(28)26-31(25)22-16(12-27)9-20(30-22)23(3,4)29/h7-9,13,15,27,29H,5-6,10,12H2,1-4H3,(H2,25,26,28)/t31-/m1/s1. The van der Waals surface area contributed by atoms with Gasteiger partial charge in [-0.15, -0.1) is 11.3 Å². The van der Waals surface area contributed by atoms with E-state index in [1.807, 2.05) is 12.1 Å². The lowest BCUT2D eigenvalue weighted by molar-refractivity contribution is -0.118. The van der Waals surface area contributed by atoms with Crippen LogP contribution in [-0.4, -0.2) is 16.1 Å². The summed E-state index contributed by atoms with van der Waals surface area (Å²) in [5, 5.41) is 29.3. The molecular weight excluding hydrogens is 430 g/mol. The number of carbonyl (C=O) groups is 1. The maximum atomic E-state index is 12.9. The highest BCUT2D eigenvalue weighted by atomic mass is 32.2. The molecule has 8 heteroatoms. The summed E-state index contributed by atoms with van der Waals surface area (Å²) in [7, 11) is -1.34. The van der Waals surface area contributed by atoms with E-state index in [1.54, 1.807) is 19.9 Å². The van der Waals surface area contributed by atoms with Crippen molar-refractivity contribution in [3.05, 3.63) is 50.9 Å². The Kier molecular flexibility index (Phi) is 7.01. The Balaban J connectivity index is 1.86. The highest BCUT2D eigenvalue weighted by Gasteiger charge is 2.29. The van der Waals surface area contributed by atoms with E-state index >= 15 is 0 Å². The monoisotopic (exact) mass is 459 g/mol. The van der Waals surface area contributed by atoms with Crippen LogP contribution >= 0.6 is 11.3 Å². The minimum absolute atomic E-state index is 0.158. The summed E-state index contributed by atoms with van der Waals surface area (Å²) < 4.78 is 11.8. The van der Waals surface area contributed by atoms with Gasteiger partial charge in [-0.1, -0.05) is 13.8 Å². The van der Waals surface area contributed by atoms with E-state index in [0.717, 1.165) is 29.5 Å². The van der Waals surface area contributed by atoms with Gasteiger partial charge < -0.3 is 10.2 Å². The van der Waals surface area contributed by atoms with Crippen molar-refractivity contribution in [1.29, 1.82) is 10.0 Å². The Morgan fingerprint density at radius 1 is 1.39 bits per heavy atom. The second-order valence-electron chi connectivity index (χ2n) is 8.82. The minimum Gasteiger partial charge on any atom is -0.392 e. The number of hydrogen-bond donors (Lipinski definition) is 4. The molecule has 1 aromatic carbocycles. The Hall–Kier alpha value is -2.05. The molecule has 2 aromatic rings. The summed E-state index contributed by atoms with van der Waals surface area (Å²) >= 11 is 1.24. The SMILES string of the molecule is CC(C)c1cc(C#N)cc(C2CC2)c1CC(=O)N[S@@](=N)c1sc(C(C)(C)O)cc1CO. The van der Waals surface area contributed by atoms with Crippen LogP contribution < -0.4 is 4.72 Å². The Morgan fingerprint density at radius 3 is 2.58 bits per heavy atom. The zero-order valence-electron chi connectivity index (χ0n) is 18.3. The molecule has 31 heavy (non-hydrogen) atoms. The molecule has 166 valence electrons. The molecule has 1 amide bonds. The molecule has 0 unspecified atom stereocenters. The van der Waals surface area contributed by atoms with E-state index in [0.29, 0.717) is 26.1 Å². The molecule has 0 saturated heterocycles. The highest BCUT2D eigenvalue weighted by molar-refractivity contribution is 7.87. The van der Waals surface area contributed by atoms with Crippen molar-refractivity contribution in [3.63, 3.8) is 0 Å². The van der Waals surface area contributed by atoms with E-state index in [4.69, 9.17) is 4.78 Å². The molecule has 0 bridgehead atoms. The lowest BCUT2D eigenvalue weighted by Gasteiger charge is -2.18. The number of nitrogens with zero attached hydrogens (tertiary/aromatic N) is 1. The first kappa shape index (κ1) is 23.6. The summed E-state index contributed by atoms with van der Waals surface area (Å²) in [5.41, 5.74) is 3.17. The van der Waals surface area contributed by atoms with Crippen LogP contribution in [0.3, 0.4) is 0 Å². The van der Waals surface area contributed by atoms with Crippen molar-refractivity contribution in [2.45, 2.75) is 75.2 Å². The van der Waals surface area contributed by atoms with E-state index in [1.165, 1.54) is 11.3 Å². The topological polar surface area (TPSA) is 117 Å². The van der Waals surface area contributed by atoms with Crippen LogP contribution in [-0.2, 0) is 34.3 Å². The average molecular weight is 460 g/mol. The number of aliphatic hydroxyl groups is 2. The smallest absolute Gasteiger partial charge is 0.235 e. The van der Waals surface area contributed by atoms with Gasteiger partial charge in [-0.2, -0.15) is 5.26 Å². The van der Waals surface area contributed by atoms with E-state index in [9.17, 15) is 20.3 Å². The van der Waals surface area contributed by atoms with Gasteiger partial charge in [0.2, 0.25) is 5.91 Å². The molecule has 1 aliphatic carbocycles. The predicted molar refractivity (Wildman–Crippen MR) is 123 cm³/mol. The fraction of sp³-hybridized carbons (Fsp3) is 0.478. The molecule has 4 N–H and O–H groups in total. The molecule has 1 aromatic heterocycles. The Bertz CT molecular complexity index is 1030. The van der Waals surface area contributed by atoms with Crippen LogP contribution in [0.5, 0.6) is 0 Å². The molecule has 3 rings (SSSR count). The number of rotatable bonds is 8. The predicted octanol–water partition coefficient (Wildman–Crippen LogP) is 4.35. The van der Waals surface area contributed by atoms with Crippen LogP contribution in [0.2, 0.25) is 0 Å². The zero-order valence-corrected chi connectivity index (χ0v) is 19.9. The minimum atomic E-state index is -1.34. The lowest BCUT2D eigenvalue weighted by atomic mass is 9.87. The molecule has 1 fully saturated rings. The quantitative estimate of drug-likeness (QED) is 0.469. The van der Waals surface area contributed by atoms with Crippen molar-refractivity contribution < 1.29 is 15.0 Å². The molecule has 0 aliphatic heterocycles. The zero-order chi connectivity index (χ0) is 22.9. The second kappa shape index (κ2) is 9.21. The first-order chi connectivity index (χ1) is 14.5. The maximum Gasteiger partial charge on any atom is 0.235 e. The van der Waals surface area contributed by atoms with Crippen LogP contribution in [0.1, 0.15) is 85.1 Å². The van der Waals surface area contributed by atoms with Gasteiger partial charge in [0, 0.05) is 21.3 Å². The second-order valence-corrected chi connectivity index (χ2v) is 11.4. The largest absolute Gasteiger partial charge is 0.392 e. The third-order valence-corrected chi connectivity index (χ3v) is 8.47. The molecule has 1 aliphatic rings. The van der Waals surface area contributed by atoms with Crippen LogP contribution in [0, 0.1) is 16.1 Å². The van der Waals surface area contributed by atoms with Gasteiger partial charge in [0.1, 0.15) is 0 Å². The fourth-order valence-corrected chi connectivity index (χ4v) is 6.02.